The van der Waals surface area contributed by atoms with Crippen LogP contribution in [0.3, 0.4) is 0 Å². The van der Waals surface area contributed by atoms with Crippen LogP contribution in [0.5, 0.6) is 0 Å². The van der Waals surface area contributed by atoms with E-state index in [1.807, 2.05) is 0 Å². The summed E-state index contributed by atoms with van der Waals surface area (Å²) >= 11 is 0. The SMILES string of the molecule is O=C(N1CCCCC1)C(F)(F)c1ccccc1. The van der Waals surface area contributed by atoms with E-state index in [0.717, 1.165) is 19.3 Å². The van der Waals surface area contributed by atoms with Crippen LogP contribution in [-0.4, -0.2) is 23.9 Å². The summed E-state index contributed by atoms with van der Waals surface area (Å²) in [5.74, 6) is -4.47. The Morgan fingerprint density at radius 1 is 1.06 bits per heavy atom. The maximum atomic E-state index is 13.9. The van der Waals surface area contributed by atoms with Crippen LogP contribution in [0.4, 0.5) is 8.78 Å². The zero-order chi connectivity index (χ0) is 12.3. The molecular formula is C13H15F2NO. The van der Waals surface area contributed by atoms with Crippen molar-refractivity contribution in [2.45, 2.75) is 25.2 Å². The summed E-state index contributed by atoms with van der Waals surface area (Å²) in [4.78, 5) is 13.1. The van der Waals surface area contributed by atoms with E-state index < -0.39 is 11.8 Å². The lowest BCUT2D eigenvalue weighted by Crippen LogP contribution is -2.44. The van der Waals surface area contributed by atoms with E-state index in [0.29, 0.717) is 13.1 Å². The van der Waals surface area contributed by atoms with Crippen LogP contribution < -0.4 is 0 Å². The number of likely N-dealkylation sites (tertiary alicyclic amines) is 1. The third kappa shape index (κ3) is 2.46. The van der Waals surface area contributed by atoms with E-state index in [1.54, 1.807) is 6.07 Å². The highest BCUT2D eigenvalue weighted by Crippen LogP contribution is 2.31. The Bertz CT molecular complexity index is 386. The van der Waals surface area contributed by atoms with E-state index in [9.17, 15) is 13.6 Å². The van der Waals surface area contributed by atoms with Crippen molar-refractivity contribution in [1.82, 2.24) is 4.90 Å². The summed E-state index contributed by atoms with van der Waals surface area (Å²) in [5, 5.41) is 0. The van der Waals surface area contributed by atoms with Gasteiger partial charge < -0.3 is 4.90 Å². The first kappa shape index (κ1) is 12.0. The maximum Gasteiger partial charge on any atom is 0.349 e. The van der Waals surface area contributed by atoms with Gasteiger partial charge in [-0.2, -0.15) is 8.78 Å². The van der Waals surface area contributed by atoms with Gasteiger partial charge in [-0.15, -0.1) is 0 Å². The fraction of sp³-hybridized carbons (Fsp3) is 0.462. The monoisotopic (exact) mass is 239 g/mol. The molecule has 1 fully saturated rings. The Kier molecular flexibility index (Phi) is 3.41. The predicted octanol–water partition coefficient (Wildman–Crippen LogP) is 2.79. The highest BCUT2D eigenvalue weighted by atomic mass is 19.3. The first-order valence-electron chi connectivity index (χ1n) is 5.85. The van der Waals surface area contributed by atoms with Crippen LogP contribution >= 0.6 is 0 Å². The second-order valence-electron chi connectivity index (χ2n) is 4.29. The molecule has 2 nitrogen and oxygen atoms in total. The lowest BCUT2D eigenvalue weighted by Gasteiger charge is -2.30. The average molecular weight is 239 g/mol. The summed E-state index contributed by atoms with van der Waals surface area (Å²) in [6.45, 7) is 0.891. The molecule has 2 rings (SSSR count). The normalized spacial score (nSPS) is 16.9. The molecule has 1 aromatic rings. The molecule has 0 N–H and O–H groups in total. The molecule has 1 saturated heterocycles. The van der Waals surface area contributed by atoms with Crippen LogP contribution in [0.2, 0.25) is 0 Å². The summed E-state index contributed by atoms with van der Waals surface area (Å²) in [6, 6.07) is 7.29. The third-order valence-electron chi connectivity index (χ3n) is 3.05. The van der Waals surface area contributed by atoms with E-state index >= 15 is 0 Å². The van der Waals surface area contributed by atoms with Gasteiger partial charge in [0, 0.05) is 18.7 Å². The second kappa shape index (κ2) is 4.82. The average Bonchev–Trinajstić information content (AvgIpc) is 2.40. The lowest BCUT2D eigenvalue weighted by atomic mass is 10.1. The van der Waals surface area contributed by atoms with Crippen molar-refractivity contribution >= 4 is 5.91 Å². The number of halogens is 2. The van der Waals surface area contributed by atoms with Crippen molar-refractivity contribution in [3.05, 3.63) is 35.9 Å². The molecule has 4 heteroatoms. The minimum atomic E-state index is -3.40. The van der Waals surface area contributed by atoms with E-state index in [2.05, 4.69) is 0 Å². The van der Waals surface area contributed by atoms with Gasteiger partial charge in [-0.1, -0.05) is 30.3 Å². The van der Waals surface area contributed by atoms with Crippen LogP contribution in [0.1, 0.15) is 24.8 Å². The standard InChI is InChI=1S/C13H15F2NO/c14-13(15,11-7-3-1-4-8-11)12(17)16-9-5-2-6-10-16/h1,3-4,7-8H,2,5-6,9-10H2. The Balaban J connectivity index is 2.17. The quantitative estimate of drug-likeness (QED) is 0.777. The molecule has 0 atom stereocenters. The van der Waals surface area contributed by atoms with Gasteiger partial charge in [0.1, 0.15) is 0 Å². The number of amides is 1. The molecule has 0 bridgehead atoms. The largest absolute Gasteiger partial charge is 0.349 e. The summed E-state index contributed by atoms with van der Waals surface area (Å²) < 4.78 is 27.9. The molecule has 0 unspecified atom stereocenters. The number of carbonyl (C=O) groups is 1. The predicted molar refractivity (Wildman–Crippen MR) is 60.8 cm³/mol. The first-order valence-corrected chi connectivity index (χ1v) is 5.85. The number of hydrogen-bond acceptors (Lipinski definition) is 1. The molecule has 1 heterocycles. The van der Waals surface area contributed by atoms with E-state index in [4.69, 9.17) is 0 Å². The van der Waals surface area contributed by atoms with Gasteiger partial charge in [0.15, 0.2) is 0 Å². The van der Waals surface area contributed by atoms with Crippen molar-refractivity contribution in [1.29, 1.82) is 0 Å². The third-order valence-corrected chi connectivity index (χ3v) is 3.05. The highest BCUT2D eigenvalue weighted by Gasteiger charge is 2.43. The molecule has 17 heavy (non-hydrogen) atoms. The second-order valence-corrected chi connectivity index (χ2v) is 4.29. The Labute approximate surface area is 99.2 Å². The number of alkyl halides is 2. The molecule has 0 spiro atoms. The number of nitrogens with zero attached hydrogens (tertiary/aromatic N) is 1. The number of rotatable bonds is 2. The molecule has 0 aliphatic carbocycles. The van der Waals surface area contributed by atoms with E-state index in [1.165, 1.54) is 29.2 Å². The zero-order valence-electron chi connectivity index (χ0n) is 9.53. The number of hydrogen-bond donors (Lipinski definition) is 0. The Morgan fingerprint density at radius 3 is 2.24 bits per heavy atom. The molecule has 1 aliphatic heterocycles. The Morgan fingerprint density at radius 2 is 1.65 bits per heavy atom. The summed E-state index contributed by atoms with van der Waals surface area (Å²) in [7, 11) is 0. The number of carbonyl (C=O) groups excluding carboxylic acids is 1. The van der Waals surface area contributed by atoms with Gasteiger partial charge in [-0.05, 0) is 19.3 Å². The molecule has 92 valence electrons. The topological polar surface area (TPSA) is 20.3 Å². The fourth-order valence-electron chi connectivity index (χ4n) is 2.07. The van der Waals surface area contributed by atoms with E-state index in [-0.39, 0.29) is 5.56 Å². The van der Waals surface area contributed by atoms with Gasteiger partial charge >= 0.3 is 5.92 Å². The number of piperidine rings is 1. The smallest absolute Gasteiger partial charge is 0.337 e. The molecule has 1 amide bonds. The van der Waals surface area contributed by atoms with Crippen molar-refractivity contribution in [3.63, 3.8) is 0 Å². The molecule has 0 aromatic heterocycles. The summed E-state index contributed by atoms with van der Waals surface area (Å²) in [6.07, 6.45) is 2.65. The molecular weight excluding hydrogens is 224 g/mol. The minimum Gasteiger partial charge on any atom is -0.337 e. The highest BCUT2D eigenvalue weighted by molar-refractivity contribution is 5.84. The summed E-state index contributed by atoms with van der Waals surface area (Å²) in [5.41, 5.74) is -0.226. The molecule has 0 radical (unpaired) electrons. The zero-order valence-corrected chi connectivity index (χ0v) is 9.53. The van der Waals surface area contributed by atoms with Gasteiger partial charge in [0.2, 0.25) is 0 Å². The van der Waals surface area contributed by atoms with Crippen LogP contribution in [0, 0.1) is 0 Å². The van der Waals surface area contributed by atoms with Crippen LogP contribution in [-0.2, 0) is 10.7 Å². The van der Waals surface area contributed by atoms with Crippen LogP contribution in [0.15, 0.2) is 30.3 Å². The first-order chi connectivity index (χ1) is 8.12. The van der Waals surface area contributed by atoms with Crippen molar-refractivity contribution in [2.24, 2.45) is 0 Å². The maximum absolute atomic E-state index is 13.9. The number of benzene rings is 1. The Hall–Kier alpha value is -1.45. The molecule has 1 aliphatic rings. The minimum absolute atomic E-state index is 0.226. The van der Waals surface area contributed by atoms with Crippen molar-refractivity contribution in [3.8, 4) is 0 Å². The molecule has 0 saturated carbocycles. The van der Waals surface area contributed by atoms with Crippen molar-refractivity contribution in [2.75, 3.05) is 13.1 Å². The van der Waals surface area contributed by atoms with Gasteiger partial charge in [0.05, 0.1) is 0 Å². The van der Waals surface area contributed by atoms with Gasteiger partial charge in [-0.3, -0.25) is 4.79 Å². The van der Waals surface area contributed by atoms with Gasteiger partial charge in [-0.25, -0.2) is 0 Å². The lowest BCUT2D eigenvalue weighted by molar-refractivity contribution is -0.160. The fourth-order valence-corrected chi connectivity index (χ4v) is 2.07. The molecule has 1 aromatic carbocycles. The van der Waals surface area contributed by atoms with Gasteiger partial charge in [0.25, 0.3) is 5.91 Å². The van der Waals surface area contributed by atoms with Crippen molar-refractivity contribution < 1.29 is 13.6 Å². The van der Waals surface area contributed by atoms with Crippen LogP contribution in [0.25, 0.3) is 0 Å².